The van der Waals surface area contributed by atoms with Crippen molar-refractivity contribution in [3.8, 4) is 0 Å². The van der Waals surface area contributed by atoms with Crippen LogP contribution in [0.5, 0.6) is 0 Å². The molecule has 0 aliphatic rings. The Balaban J connectivity index is 2.90. The van der Waals surface area contributed by atoms with Crippen LogP contribution in [0.25, 0.3) is 0 Å². The van der Waals surface area contributed by atoms with E-state index < -0.39 is 32.8 Å². The first kappa shape index (κ1) is 15.9. The molecule has 0 fully saturated rings. The smallest absolute Gasteiger partial charge is 0.393 e. The molecule has 0 aromatic heterocycles. The van der Waals surface area contributed by atoms with Gasteiger partial charge in [-0.15, -0.1) is 0 Å². The topological polar surface area (TPSA) is 66.4 Å². The molecule has 1 aromatic rings. The highest BCUT2D eigenvalue weighted by Crippen LogP contribution is 2.30. The lowest BCUT2D eigenvalue weighted by molar-refractivity contribution is -0.137. The zero-order valence-electron chi connectivity index (χ0n) is 10.1. The number of alkyl halides is 3. The fourth-order valence-corrected chi connectivity index (χ4v) is 2.42. The van der Waals surface area contributed by atoms with Gasteiger partial charge in [0.25, 0.3) is 0 Å². The summed E-state index contributed by atoms with van der Waals surface area (Å²) in [6, 6.07) is 3.49. The summed E-state index contributed by atoms with van der Waals surface area (Å²) >= 11 is 0. The summed E-state index contributed by atoms with van der Waals surface area (Å²) in [7, 11) is -4.00. The Morgan fingerprint density at radius 3 is 2.53 bits per heavy atom. The van der Waals surface area contributed by atoms with Gasteiger partial charge < -0.3 is 5.11 Å². The highest BCUT2D eigenvalue weighted by molar-refractivity contribution is 7.89. The van der Waals surface area contributed by atoms with E-state index in [1.54, 1.807) is 0 Å². The van der Waals surface area contributed by atoms with E-state index in [1.807, 2.05) is 0 Å². The van der Waals surface area contributed by atoms with Crippen molar-refractivity contribution in [2.75, 3.05) is 6.54 Å². The average Bonchev–Trinajstić information content (AvgIpc) is 2.27. The minimum atomic E-state index is -4.59. The molecule has 2 N–H and O–H groups in total. The Morgan fingerprint density at radius 2 is 2.00 bits per heavy atom. The minimum Gasteiger partial charge on any atom is -0.393 e. The van der Waals surface area contributed by atoms with Gasteiger partial charge in [0.15, 0.2) is 0 Å². The molecule has 1 aromatic carbocycles. The maximum absolute atomic E-state index is 12.5. The molecular weight excluding hydrogens is 283 g/mol. The van der Waals surface area contributed by atoms with Crippen LogP contribution in [0.3, 0.4) is 0 Å². The third-order valence-electron chi connectivity index (χ3n) is 2.33. The number of aliphatic hydroxyl groups is 1. The summed E-state index contributed by atoms with van der Waals surface area (Å²) in [5.74, 6) is 0. The van der Waals surface area contributed by atoms with Crippen LogP contribution in [-0.2, 0) is 16.2 Å². The summed E-state index contributed by atoms with van der Waals surface area (Å²) in [5, 5.41) is 8.99. The average molecular weight is 297 g/mol. The third-order valence-corrected chi connectivity index (χ3v) is 3.78. The minimum absolute atomic E-state index is 0.0454. The van der Waals surface area contributed by atoms with Crippen molar-refractivity contribution < 1.29 is 26.7 Å². The molecule has 1 rings (SSSR count). The lowest BCUT2D eigenvalue weighted by Gasteiger charge is -2.10. The highest BCUT2D eigenvalue weighted by Gasteiger charge is 2.31. The van der Waals surface area contributed by atoms with Crippen LogP contribution < -0.4 is 4.72 Å². The van der Waals surface area contributed by atoms with E-state index in [-0.39, 0.29) is 13.0 Å². The molecule has 0 radical (unpaired) electrons. The number of rotatable bonds is 5. The number of hydrogen-bond donors (Lipinski definition) is 2. The molecule has 0 aliphatic carbocycles. The van der Waals surface area contributed by atoms with E-state index in [0.717, 1.165) is 18.2 Å². The van der Waals surface area contributed by atoms with Gasteiger partial charge in [0, 0.05) is 6.54 Å². The van der Waals surface area contributed by atoms with E-state index in [2.05, 4.69) is 4.72 Å². The standard InChI is InChI=1S/C11H14F3NO3S/c1-8(16)5-6-15-19(17,18)10-4-2-3-9(7-10)11(12,13)14/h2-4,7-8,15-16H,5-6H2,1H3. The summed E-state index contributed by atoms with van der Waals surface area (Å²) in [6.07, 6.45) is -5.10. The van der Waals surface area contributed by atoms with Crippen LogP contribution >= 0.6 is 0 Å². The Morgan fingerprint density at radius 1 is 1.37 bits per heavy atom. The van der Waals surface area contributed by atoms with Crippen molar-refractivity contribution in [1.82, 2.24) is 4.72 Å². The van der Waals surface area contributed by atoms with E-state index in [4.69, 9.17) is 5.11 Å². The molecule has 108 valence electrons. The Hall–Kier alpha value is -1.12. The molecule has 0 amide bonds. The van der Waals surface area contributed by atoms with E-state index >= 15 is 0 Å². The molecule has 0 saturated carbocycles. The van der Waals surface area contributed by atoms with Crippen LogP contribution in [0.15, 0.2) is 29.2 Å². The van der Waals surface area contributed by atoms with Gasteiger partial charge in [-0.25, -0.2) is 13.1 Å². The zero-order valence-corrected chi connectivity index (χ0v) is 10.9. The van der Waals surface area contributed by atoms with Gasteiger partial charge in [0.1, 0.15) is 0 Å². The summed E-state index contributed by atoms with van der Waals surface area (Å²) in [5.41, 5.74) is -1.02. The maximum Gasteiger partial charge on any atom is 0.416 e. The quantitative estimate of drug-likeness (QED) is 0.870. The molecule has 0 heterocycles. The lowest BCUT2D eigenvalue weighted by Crippen LogP contribution is -2.27. The fourth-order valence-electron chi connectivity index (χ4n) is 1.33. The van der Waals surface area contributed by atoms with Crippen LogP contribution in [0.4, 0.5) is 13.2 Å². The Kier molecular flexibility index (Phi) is 4.94. The van der Waals surface area contributed by atoms with Crippen molar-refractivity contribution in [2.45, 2.75) is 30.5 Å². The molecular formula is C11H14F3NO3S. The predicted molar refractivity (Wildman–Crippen MR) is 62.9 cm³/mol. The first-order valence-electron chi connectivity index (χ1n) is 5.48. The molecule has 8 heteroatoms. The first-order valence-corrected chi connectivity index (χ1v) is 6.96. The number of sulfonamides is 1. The number of halogens is 3. The molecule has 1 atom stereocenters. The number of nitrogens with one attached hydrogen (secondary N) is 1. The molecule has 0 bridgehead atoms. The van der Waals surface area contributed by atoms with Gasteiger partial charge in [-0.2, -0.15) is 13.2 Å². The van der Waals surface area contributed by atoms with Gasteiger partial charge >= 0.3 is 6.18 Å². The normalized spacial score (nSPS) is 14.4. The van der Waals surface area contributed by atoms with Crippen molar-refractivity contribution >= 4 is 10.0 Å². The third kappa shape index (κ3) is 4.81. The SMILES string of the molecule is CC(O)CCNS(=O)(=O)c1cccc(C(F)(F)F)c1. The Bertz CT molecular complexity index is 526. The van der Waals surface area contributed by atoms with Crippen molar-refractivity contribution in [3.63, 3.8) is 0 Å². The van der Waals surface area contributed by atoms with Gasteiger partial charge in [-0.3, -0.25) is 0 Å². The first-order chi connectivity index (χ1) is 8.63. The van der Waals surface area contributed by atoms with Gasteiger partial charge in [0.05, 0.1) is 16.6 Å². The van der Waals surface area contributed by atoms with Crippen LogP contribution in [0, 0.1) is 0 Å². The van der Waals surface area contributed by atoms with E-state index in [1.165, 1.54) is 6.92 Å². The van der Waals surface area contributed by atoms with Crippen molar-refractivity contribution in [2.24, 2.45) is 0 Å². The van der Waals surface area contributed by atoms with Crippen LogP contribution in [0.2, 0.25) is 0 Å². The number of aliphatic hydroxyl groups excluding tert-OH is 1. The summed E-state index contributed by atoms with van der Waals surface area (Å²) in [6.45, 7) is 1.44. The van der Waals surface area contributed by atoms with E-state index in [9.17, 15) is 21.6 Å². The summed E-state index contributed by atoms with van der Waals surface area (Å²) < 4.78 is 63.0. The molecule has 0 spiro atoms. The predicted octanol–water partition coefficient (Wildman–Crippen LogP) is 1.75. The number of hydrogen-bond acceptors (Lipinski definition) is 3. The highest BCUT2D eigenvalue weighted by atomic mass is 32.2. The van der Waals surface area contributed by atoms with Gasteiger partial charge in [0.2, 0.25) is 10.0 Å². The maximum atomic E-state index is 12.5. The van der Waals surface area contributed by atoms with Crippen molar-refractivity contribution in [1.29, 1.82) is 0 Å². The zero-order chi connectivity index (χ0) is 14.7. The molecule has 0 aliphatic heterocycles. The van der Waals surface area contributed by atoms with Crippen LogP contribution in [-0.4, -0.2) is 26.2 Å². The monoisotopic (exact) mass is 297 g/mol. The molecule has 19 heavy (non-hydrogen) atoms. The Labute approximate surface area is 109 Å². The summed E-state index contributed by atoms with van der Waals surface area (Å²) in [4.78, 5) is -0.451. The number of benzene rings is 1. The molecule has 4 nitrogen and oxygen atoms in total. The van der Waals surface area contributed by atoms with Crippen molar-refractivity contribution in [3.05, 3.63) is 29.8 Å². The van der Waals surface area contributed by atoms with E-state index in [0.29, 0.717) is 6.07 Å². The van der Waals surface area contributed by atoms with Crippen LogP contribution in [0.1, 0.15) is 18.9 Å². The second-order valence-electron chi connectivity index (χ2n) is 4.06. The van der Waals surface area contributed by atoms with Gasteiger partial charge in [-0.1, -0.05) is 6.07 Å². The second kappa shape index (κ2) is 5.89. The van der Waals surface area contributed by atoms with Gasteiger partial charge in [-0.05, 0) is 31.5 Å². The fraction of sp³-hybridized carbons (Fsp3) is 0.455. The molecule has 0 saturated heterocycles. The lowest BCUT2D eigenvalue weighted by atomic mass is 10.2. The molecule has 1 unspecified atom stereocenters. The second-order valence-corrected chi connectivity index (χ2v) is 5.83. The largest absolute Gasteiger partial charge is 0.416 e.